The number of nitrogens with two attached hydrogens (primary N) is 1. The van der Waals surface area contributed by atoms with Gasteiger partial charge in [-0.25, -0.2) is 4.98 Å². The standard InChI is InChI=1S/C16H26N4O/c1-11(2)19(12(3)4)8-9-20-15-10-13(21-5)6-7-14(15)18-16(20)17/h6-7,10-12H,8-9H2,1-5H3,(H2,17,18). The number of hydrogen-bond donors (Lipinski definition) is 1. The summed E-state index contributed by atoms with van der Waals surface area (Å²) in [4.78, 5) is 6.87. The monoisotopic (exact) mass is 290 g/mol. The summed E-state index contributed by atoms with van der Waals surface area (Å²) in [6.45, 7) is 10.7. The number of nitrogen functional groups attached to an aromatic ring is 1. The molecule has 0 unspecified atom stereocenters. The van der Waals surface area contributed by atoms with Crippen molar-refractivity contribution in [3.8, 4) is 5.75 Å². The summed E-state index contributed by atoms with van der Waals surface area (Å²) in [7, 11) is 1.67. The minimum atomic E-state index is 0.510. The van der Waals surface area contributed by atoms with Gasteiger partial charge in [0, 0.05) is 31.2 Å². The van der Waals surface area contributed by atoms with E-state index in [0.29, 0.717) is 18.0 Å². The van der Waals surface area contributed by atoms with E-state index < -0.39 is 0 Å². The van der Waals surface area contributed by atoms with Crippen LogP contribution < -0.4 is 10.5 Å². The molecule has 0 spiro atoms. The fraction of sp³-hybridized carbons (Fsp3) is 0.562. The van der Waals surface area contributed by atoms with E-state index in [9.17, 15) is 0 Å². The van der Waals surface area contributed by atoms with Gasteiger partial charge in [-0.1, -0.05) is 0 Å². The lowest BCUT2D eigenvalue weighted by Gasteiger charge is -2.30. The van der Waals surface area contributed by atoms with Gasteiger partial charge in [-0.05, 0) is 39.8 Å². The lowest BCUT2D eigenvalue weighted by Crippen LogP contribution is -2.39. The summed E-state index contributed by atoms with van der Waals surface area (Å²) in [5.41, 5.74) is 8.01. The van der Waals surface area contributed by atoms with Crippen LogP contribution in [0, 0.1) is 0 Å². The molecule has 21 heavy (non-hydrogen) atoms. The molecule has 2 N–H and O–H groups in total. The average molecular weight is 290 g/mol. The second kappa shape index (κ2) is 6.35. The van der Waals surface area contributed by atoms with Crippen LogP contribution in [0.25, 0.3) is 11.0 Å². The highest BCUT2D eigenvalue weighted by Crippen LogP contribution is 2.23. The Labute approximate surface area is 126 Å². The Morgan fingerprint density at radius 3 is 2.48 bits per heavy atom. The molecule has 1 heterocycles. The molecule has 0 fully saturated rings. The van der Waals surface area contributed by atoms with Gasteiger partial charge >= 0.3 is 0 Å². The summed E-state index contributed by atoms with van der Waals surface area (Å²) in [5, 5.41) is 0. The van der Waals surface area contributed by atoms with E-state index >= 15 is 0 Å². The Kier molecular flexibility index (Phi) is 4.73. The molecule has 0 aliphatic heterocycles. The molecular formula is C16H26N4O. The molecule has 0 saturated carbocycles. The molecule has 1 aromatic heterocycles. The number of nitrogens with zero attached hydrogens (tertiary/aromatic N) is 3. The number of anilines is 1. The summed E-state index contributed by atoms with van der Waals surface area (Å²) < 4.78 is 7.36. The number of rotatable bonds is 6. The first-order valence-corrected chi connectivity index (χ1v) is 7.49. The summed E-state index contributed by atoms with van der Waals surface area (Å²) in [6.07, 6.45) is 0. The summed E-state index contributed by atoms with van der Waals surface area (Å²) >= 11 is 0. The van der Waals surface area contributed by atoms with Gasteiger partial charge in [0.25, 0.3) is 0 Å². The van der Waals surface area contributed by atoms with Crippen molar-refractivity contribution in [2.75, 3.05) is 19.4 Å². The zero-order valence-electron chi connectivity index (χ0n) is 13.6. The normalized spacial score (nSPS) is 12.0. The van der Waals surface area contributed by atoms with E-state index in [1.165, 1.54) is 0 Å². The number of benzene rings is 1. The summed E-state index contributed by atoms with van der Waals surface area (Å²) in [6, 6.07) is 6.87. The number of hydrogen-bond acceptors (Lipinski definition) is 4. The summed E-state index contributed by atoms with van der Waals surface area (Å²) in [5.74, 6) is 1.39. The van der Waals surface area contributed by atoms with Gasteiger partial charge < -0.3 is 15.0 Å². The average Bonchev–Trinajstić information content (AvgIpc) is 2.73. The Morgan fingerprint density at radius 2 is 1.90 bits per heavy atom. The molecule has 0 aliphatic rings. The first kappa shape index (κ1) is 15.6. The highest BCUT2D eigenvalue weighted by atomic mass is 16.5. The van der Waals surface area contributed by atoms with E-state index in [1.807, 2.05) is 18.2 Å². The molecule has 5 nitrogen and oxygen atoms in total. The largest absolute Gasteiger partial charge is 0.497 e. The topological polar surface area (TPSA) is 56.3 Å². The van der Waals surface area contributed by atoms with Crippen LogP contribution in [0.5, 0.6) is 5.75 Å². The van der Waals surface area contributed by atoms with Crippen LogP contribution in [-0.4, -0.2) is 40.2 Å². The Balaban J connectivity index is 2.27. The highest BCUT2D eigenvalue weighted by Gasteiger charge is 2.15. The van der Waals surface area contributed by atoms with E-state index in [4.69, 9.17) is 10.5 Å². The van der Waals surface area contributed by atoms with Gasteiger partial charge in [0.05, 0.1) is 18.1 Å². The van der Waals surface area contributed by atoms with Gasteiger partial charge in [0.1, 0.15) is 5.75 Å². The van der Waals surface area contributed by atoms with E-state index in [1.54, 1.807) is 7.11 Å². The lowest BCUT2D eigenvalue weighted by molar-refractivity contribution is 0.169. The van der Waals surface area contributed by atoms with E-state index in [2.05, 4.69) is 42.1 Å². The Bertz CT molecular complexity index is 596. The van der Waals surface area contributed by atoms with Gasteiger partial charge in [-0.15, -0.1) is 0 Å². The van der Waals surface area contributed by atoms with E-state index in [-0.39, 0.29) is 0 Å². The first-order valence-electron chi connectivity index (χ1n) is 7.49. The van der Waals surface area contributed by atoms with Crippen LogP contribution in [0.4, 0.5) is 5.95 Å². The van der Waals surface area contributed by atoms with Crippen LogP contribution in [0.15, 0.2) is 18.2 Å². The highest BCUT2D eigenvalue weighted by molar-refractivity contribution is 5.79. The van der Waals surface area contributed by atoms with Crippen molar-refractivity contribution in [3.63, 3.8) is 0 Å². The molecule has 0 saturated heterocycles. The maximum Gasteiger partial charge on any atom is 0.201 e. The van der Waals surface area contributed by atoms with Crippen LogP contribution in [0.3, 0.4) is 0 Å². The Hall–Kier alpha value is -1.75. The smallest absolute Gasteiger partial charge is 0.201 e. The SMILES string of the molecule is COc1ccc2nc(N)n(CCN(C(C)C)C(C)C)c2c1. The zero-order chi connectivity index (χ0) is 15.6. The molecule has 0 atom stereocenters. The van der Waals surface area contributed by atoms with Crippen LogP contribution in [0.1, 0.15) is 27.7 Å². The van der Waals surface area contributed by atoms with Crippen LogP contribution >= 0.6 is 0 Å². The third-order valence-electron chi connectivity index (χ3n) is 3.89. The van der Waals surface area contributed by atoms with Crippen LogP contribution in [-0.2, 0) is 6.54 Å². The molecule has 0 amide bonds. The fourth-order valence-electron chi connectivity index (χ4n) is 2.81. The Morgan fingerprint density at radius 1 is 1.24 bits per heavy atom. The van der Waals surface area contributed by atoms with E-state index in [0.717, 1.165) is 29.9 Å². The third-order valence-corrected chi connectivity index (χ3v) is 3.89. The number of methoxy groups -OCH3 is 1. The number of ether oxygens (including phenoxy) is 1. The van der Waals surface area contributed by atoms with Crippen molar-refractivity contribution in [2.24, 2.45) is 0 Å². The number of fused-ring (bicyclic) bond motifs is 1. The van der Waals surface area contributed by atoms with Gasteiger partial charge in [-0.2, -0.15) is 0 Å². The van der Waals surface area contributed by atoms with Crippen molar-refractivity contribution in [3.05, 3.63) is 18.2 Å². The van der Waals surface area contributed by atoms with Crippen molar-refractivity contribution in [1.29, 1.82) is 0 Å². The minimum Gasteiger partial charge on any atom is -0.497 e. The van der Waals surface area contributed by atoms with Crippen molar-refractivity contribution in [1.82, 2.24) is 14.5 Å². The third kappa shape index (κ3) is 3.29. The predicted octanol–water partition coefficient (Wildman–Crippen LogP) is 2.75. The molecule has 0 bridgehead atoms. The molecule has 0 radical (unpaired) electrons. The lowest BCUT2D eigenvalue weighted by atomic mass is 10.2. The van der Waals surface area contributed by atoms with Gasteiger partial charge in [0.15, 0.2) is 0 Å². The second-order valence-corrected chi connectivity index (χ2v) is 5.90. The second-order valence-electron chi connectivity index (χ2n) is 5.90. The quantitative estimate of drug-likeness (QED) is 0.889. The molecule has 1 aromatic carbocycles. The molecule has 2 aromatic rings. The zero-order valence-corrected chi connectivity index (χ0v) is 13.6. The van der Waals surface area contributed by atoms with Crippen molar-refractivity contribution in [2.45, 2.75) is 46.3 Å². The maximum atomic E-state index is 6.08. The number of aromatic nitrogens is 2. The van der Waals surface area contributed by atoms with Gasteiger partial charge in [-0.3, -0.25) is 4.90 Å². The van der Waals surface area contributed by atoms with Crippen LogP contribution in [0.2, 0.25) is 0 Å². The maximum absolute atomic E-state index is 6.08. The van der Waals surface area contributed by atoms with Crippen molar-refractivity contribution < 1.29 is 4.74 Å². The molecular weight excluding hydrogens is 264 g/mol. The number of imidazole rings is 1. The van der Waals surface area contributed by atoms with Crippen molar-refractivity contribution >= 4 is 17.0 Å². The molecule has 5 heteroatoms. The fourth-order valence-corrected chi connectivity index (χ4v) is 2.81. The van der Waals surface area contributed by atoms with Gasteiger partial charge in [0.2, 0.25) is 5.95 Å². The molecule has 116 valence electrons. The molecule has 2 rings (SSSR count). The minimum absolute atomic E-state index is 0.510. The predicted molar refractivity (Wildman–Crippen MR) is 87.7 cm³/mol. The molecule has 0 aliphatic carbocycles. The first-order chi connectivity index (χ1) is 9.93.